The first-order valence-electron chi connectivity index (χ1n) is 6.09. The Kier molecular flexibility index (Phi) is 3.79. The SMILES string of the molecule is CCCc1cc(C(=O)O)cc(Nc2ccn(C)n2)n1. The van der Waals surface area contributed by atoms with E-state index in [0.29, 0.717) is 11.6 Å². The molecule has 2 rings (SSSR count). The van der Waals surface area contributed by atoms with Crippen LogP contribution in [0.25, 0.3) is 0 Å². The van der Waals surface area contributed by atoms with Crippen molar-refractivity contribution in [2.75, 3.05) is 5.32 Å². The molecule has 0 aliphatic carbocycles. The zero-order valence-electron chi connectivity index (χ0n) is 10.9. The summed E-state index contributed by atoms with van der Waals surface area (Å²) < 4.78 is 1.66. The van der Waals surface area contributed by atoms with Crippen LogP contribution in [0.15, 0.2) is 24.4 Å². The van der Waals surface area contributed by atoms with Gasteiger partial charge in [0.2, 0.25) is 0 Å². The summed E-state index contributed by atoms with van der Waals surface area (Å²) in [5.74, 6) is 0.186. The van der Waals surface area contributed by atoms with E-state index in [4.69, 9.17) is 5.11 Å². The molecule has 0 spiro atoms. The number of carbonyl (C=O) groups is 1. The summed E-state index contributed by atoms with van der Waals surface area (Å²) in [6, 6.07) is 4.92. The molecule has 2 aromatic rings. The zero-order valence-corrected chi connectivity index (χ0v) is 10.9. The van der Waals surface area contributed by atoms with Crippen LogP contribution in [0.2, 0.25) is 0 Å². The Balaban J connectivity index is 2.30. The molecule has 100 valence electrons. The summed E-state index contributed by atoms with van der Waals surface area (Å²) in [5, 5.41) is 16.3. The number of nitrogens with one attached hydrogen (secondary N) is 1. The number of aryl methyl sites for hydroxylation is 2. The standard InChI is InChI=1S/C13H16N4O2/c1-3-4-10-7-9(13(18)19)8-12(14-10)15-11-5-6-17(2)16-11/h5-8H,3-4H2,1-2H3,(H,18,19)(H,14,15,16). The fourth-order valence-corrected chi connectivity index (χ4v) is 1.77. The molecule has 0 radical (unpaired) electrons. The minimum absolute atomic E-state index is 0.233. The molecule has 2 N–H and O–H groups in total. The van der Waals surface area contributed by atoms with E-state index in [-0.39, 0.29) is 5.56 Å². The Hall–Kier alpha value is -2.37. The van der Waals surface area contributed by atoms with E-state index in [9.17, 15) is 4.79 Å². The van der Waals surface area contributed by atoms with Gasteiger partial charge in [-0.15, -0.1) is 0 Å². The minimum Gasteiger partial charge on any atom is -0.478 e. The Morgan fingerprint density at radius 2 is 2.21 bits per heavy atom. The first kappa shape index (κ1) is 13.1. The summed E-state index contributed by atoms with van der Waals surface area (Å²) >= 11 is 0. The summed E-state index contributed by atoms with van der Waals surface area (Å²) in [6.45, 7) is 2.03. The number of hydrogen-bond acceptors (Lipinski definition) is 4. The van der Waals surface area contributed by atoms with Gasteiger partial charge in [0.25, 0.3) is 0 Å². The number of aromatic nitrogens is 3. The van der Waals surface area contributed by atoms with Gasteiger partial charge in [0.05, 0.1) is 5.56 Å². The van der Waals surface area contributed by atoms with Crippen molar-refractivity contribution in [1.82, 2.24) is 14.8 Å². The van der Waals surface area contributed by atoms with Gasteiger partial charge in [-0.1, -0.05) is 13.3 Å². The molecule has 0 fully saturated rings. The third kappa shape index (κ3) is 3.31. The highest BCUT2D eigenvalue weighted by Crippen LogP contribution is 2.16. The van der Waals surface area contributed by atoms with E-state index in [0.717, 1.165) is 18.5 Å². The van der Waals surface area contributed by atoms with Crippen molar-refractivity contribution in [3.05, 3.63) is 35.7 Å². The van der Waals surface area contributed by atoms with Gasteiger partial charge in [0.1, 0.15) is 5.82 Å². The van der Waals surface area contributed by atoms with Crippen LogP contribution in [-0.2, 0) is 13.5 Å². The Morgan fingerprint density at radius 3 is 2.79 bits per heavy atom. The summed E-state index contributed by atoms with van der Waals surface area (Å²) in [7, 11) is 1.81. The molecule has 0 saturated carbocycles. The van der Waals surface area contributed by atoms with E-state index in [1.54, 1.807) is 23.0 Å². The van der Waals surface area contributed by atoms with Crippen molar-refractivity contribution < 1.29 is 9.90 Å². The van der Waals surface area contributed by atoms with Gasteiger partial charge in [0.15, 0.2) is 5.82 Å². The number of hydrogen-bond donors (Lipinski definition) is 2. The van der Waals surface area contributed by atoms with Crippen molar-refractivity contribution in [2.24, 2.45) is 7.05 Å². The van der Waals surface area contributed by atoms with E-state index in [2.05, 4.69) is 15.4 Å². The lowest BCUT2D eigenvalue weighted by atomic mass is 10.1. The highest BCUT2D eigenvalue weighted by Gasteiger charge is 2.09. The molecule has 0 bridgehead atoms. The van der Waals surface area contributed by atoms with Gasteiger partial charge in [0, 0.05) is 25.0 Å². The lowest BCUT2D eigenvalue weighted by molar-refractivity contribution is 0.0696. The van der Waals surface area contributed by atoms with Crippen LogP contribution in [0.5, 0.6) is 0 Å². The molecule has 6 nitrogen and oxygen atoms in total. The Morgan fingerprint density at radius 1 is 1.42 bits per heavy atom. The van der Waals surface area contributed by atoms with Crippen molar-refractivity contribution in [2.45, 2.75) is 19.8 Å². The average Bonchev–Trinajstić information content (AvgIpc) is 2.75. The van der Waals surface area contributed by atoms with E-state index in [1.165, 1.54) is 6.07 Å². The predicted molar refractivity (Wildman–Crippen MR) is 71.7 cm³/mol. The lowest BCUT2D eigenvalue weighted by Crippen LogP contribution is -2.04. The summed E-state index contributed by atoms with van der Waals surface area (Å²) in [4.78, 5) is 15.5. The molecular weight excluding hydrogens is 244 g/mol. The molecule has 0 atom stereocenters. The zero-order chi connectivity index (χ0) is 13.8. The molecule has 0 aliphatic heterocycles. The van der Waals surface area contributed by atoms with Crippen LogP contribution in [0.4, 0.5) is 11.6 Å². The number of anilines is 2. The monoisotopic (exact) mass is 260 g/mol. The van der Waals surface area contributed by atoms with Crippen LogP contribution in [0.1, 0.15) is 29.4 Å². The van der Waals surface area contributed by atoms with E-state index >= 15 is 0 Å². The van der Waals surface area contributed by atoms with Crippen LogP contribution < -0.4 is 5.32 Å². The molecule has 0 aliphatic rings. The molecule has 0 aromatic carbocycles. The number of carboxylic acids is 1. The highest BCUT2D eigenvalue weighted by atomic mass is 16.4. The normalized spacial score (nSPS) is 10.4. The van der Waals surface area contributed by atoms with E-state index < -0.39 is 5.97 Å². The Labute approximate surface area is 111 Å². The van der Waals surface area contributed by atoms with E-state index in [1.807, 2.05) is 14.0 Å². The van der Waals surface area contributed by atoms with Crippen LogP contribution >= 0.6 is 0 Å². The van der Waals surface area contributed by atoms with Crippen molar-refractivity contribution >= 4 is 17.6 Å². The third-order valence-corrected chi connectivity index (χ3v) is 2.60. The maximum absolute atomic E-state index is 11.1. The van der Waals surface area contributed by atoms with Crippen molar-refractivity contribution in [3.8, 4) is 0 Å². The van der Waals surface area contributed by atoms with Gasteiger partial charge >= 0.3 is 5.97 Å². The second-order valence-corrected chi connectivity index (χ2v) is 4.29. The molecule has 6 heteroatoms. The third-order valence-electron chi connectivity index (χ3n) is 2.60. The van der Waals surface area contributed by atoms with Gasteiger partial charge in [-0.05, 0) is 18.6 Å². The quantitative estimate of drug-likeness (QED) is 0.861. The van der Waals surface area contributed by atoms with Gasteiger partial charge in [-0.2, -0.15) is 5.10 Å². The largest absolute Gasteiger partial charge is 0.478 e. The predicted octanol–water partition coefficient (Wildman–Crippen LogP) is 2.21. The smallest absolute Gasteiger partial charge is 0.335 e. The average molecular weight is 260 g/mol. The molecule has 2 heterocycles. The van der Waals surface area contributed by atoms with Gasteiger partial charge in [-0.3, -0.25) is 4.68 Å². The van der Waals surface area contributed by atoms with Crippen LogP contribution in [0.3, 0.4) is 0 Å². The van der Waals surface area contributed by atoms with Crippen LogP contribution in [-0.4, -0.2) is 25.8 Å². The number of rotatable bonds is 5. The van der Waals surface area contributed by atoms with Crippen molar-refractivity contribution in [1.29, 1.82) is 0 Å². The molecule has 0 unspecified atom stereocenters. The first-order valence-corrected chi connectivity index (χ1v) is 6.09. The Bertz CT molecular complexity index is 592. The maximum atomic E-state index is 11.1. The number of nitrogens with zero attached hydrogens (tertiary/aromatic N) is 3. The maximum Gasteiger partial charge on any atom is 0.335 e. The number of carboxylic acid groups (broad SMARTS) is 1. The number of aromatic carboxylic acids is 1. The van der Waals surface area contributed by atoms with Crippen molar-refractivity contribution in [3.63, 3.8) is 0 Å². The second-order valence-electron chi connectivity index (χ2n) is 4.29. The molecule has 2 aromatic heterocycles. The molecule has 0 amide bonds. The van der Waals surface area contributed by atoms with Crippen LogP contribution in [0, 0.1) is 0 Å². The highest BCUT2D eigenvalue weighted by molar-refractivity contribution is 5.88. The second kappa shape index (κ2) is 5.51. The minimum atomic E-state index is -0.955. The topological polar surface area (TPSA) is 80.0 Å². The molecule has 0 saturated heterocycles. The van der Waals surface area contributed by atoms with Gasteiger partial charge < -0.3 is 10.4 Å². The number of pyridine rings is 1. The fraction of sp³-hybridized carbons (Fsp3) is 0.308. The summed E-state index contributed by atoms with van der Waals surface area (Å²) in [6.07, 6.45) is 3.47. The fourth-order valence-electron chi connectivity index (χ4n) is 1.77. The first-order chi connectivity index (χ1) is 9.08. The lowest BCUT2D eigenvalue weighted by Gasteiger charge is -2.07. The molecule has 19 heavy (non-hydrogen) atoms. The summed E-state index contributed by atoms with van der Waals surface area (Å²) in [5.41, 5.74) is 0.998. The molecular formula is C13H16N4O2. The van der Waals surface area contributed by atoms with Gasteiger partial charge in [-0.25, -0.2) is 9.78 Å².